The molecule has 0 bridgehead atoms. The minimum absolute atomic E-state index is 0.0162. The SMILES string of the molecule is O=C(O)c1c(OC2CN(C(=O)CCC3CCCN3)C2)ccc2c1O[B-](O)(O)CC2. The topological polar surface area (TPSA) is 129 Å². The van der Waals surface area contributed by atoms with Crippen LogP contribution in [0.1, 0.15) is 41.6 Å². The first-order valence-corrected chi connectivity index (χ1v) is 10.2. The smallest absolute Gasteiger partial charge is 0.430 e. The molecule has 0 aromatic heterocycles. The molecular formula is C19H26BN2O7-. The number of nitrogens with zero attached hydrogens (tertiary/aromatic N) is 1. The molecule has 1 aromatic carbocycles. The summed E-state index contributed by atoms with van der Waals surface area (Å²) in [7, 11) is 0. The first kappa shape index (κ1) is 20.0. The Balaban J connectivity index is 1.37. The van der Waals surface area contributed by atoms with E-state index in [1.807, 2.05) is 0 Å². The molecule has 2 saturated heterocycles. The molecule has 3 heterocycles. The number of benzene rings is 1. The molecule has 0 radical (unpaired) electrons. The van der Waals surface area contributed by atoms with Gasteiger partial charge >= 0.3 is 12.7 Å². The van der Waals surface area contributed by atoms with E-state index in [-0.39, 0.29) is 35.4 Å². The van der Waals surface area contributed by atoms with Crippen molar-refractivity contribution in [2.75, 3.05) is 19.6 Å². The predicted molar refractivity (Wildman–Crippen MR) is 104 cm³/mol. The summed E-state index contributed by atoms with van der Waals surface area (Å²) in [6.45, 7) is -1.25. The van der Waals surface area contributed by atoms with E-state index < -0.39 is 12.7 Å². The number of fused-ring (bicyclic) bond motifs is 1. The molecule has 3 aliphatic heterocycles. The number of carbonyl (C=O) groups excluding carboxylic acids is 1. The molecule has 4 N–H and O–H groups in total. The second-order valence-corrected chi connectivity index (χ2v) is 8.12. The second-order valence-electron chi connectivity index (χ2n) is 8.12. The number of aromatic carboxylic acids is 1. The Bertz CT molecular complexity index is 804. The van der Waals surface area contributed by atoms with Crippen molar-refractivity contribution < 1.29 is 34.1 Å². The lowest BCUT2D eigenvalue weighted by molar-refractivity contribution is -0.140. The van der Waals surface area contributed by atoms with Crippen LogP contribution in [0.4, 0.5) is 0 Å². The summed E-state index contributed by atoms with van der Waals surface area (Å²) in [6.07, 6.45) is 3.62. The Morgan fingerprint density at radius 2 is 2.10 bits per heavy atom. The number of hydrogen-bond acceptors (Lipinski definition) is 7. The van der Waals surface area contributed by atoms with Crippen LogP contribution in [0.3, 0.4) is 0 Å². The van der Waals surface area contributed by atoms with Gasteiger partial charge in [-0.1, -0.05) is 12.4 Å². The van der Waals surface area contributed by atoms with Crippen LogP contribution in [0.2, 0.25) is 6.32 Å². The summed E-state index contributed by atoms with van der Waals surface area (Å²) < 4.78 is 11.0. The Kier molecular flexibility index (Phi) is 5.41. The fraction of sp³-hybridized carbons (Fsp3) is 0.579. The first-order chi connectivity index (χ1) is 13.8. The molecular weight excluding hydrogens is 379 g/mol. The van der Waals surface area contributed by atoms with E-state index in [1.165, 1.54) is 0 Å². The van der Waals surface area contributed by atoms with Crippen LogP contribution in [0.25, 0.3) is 0 Å². The molecule has 3 aliphatic rings. The van der Waals surface area contributed by atoms with E-state index in [0.717, 1.165) is 25.8 Å². The van der Waals surface area contributed by atoms with Crippen LogP contribution in [0, 0.1) is 0 Å². The monoisotopic (exact) mass is 405 g/mol. The van der Waals surface area contributed by atoms with Crippen LogP contribution in [-0.4, -0.2) is 70.5 Å². The Hall–Kier alpha value is -2.30. The number of nitrogens with one attached hydrogen (secondary N) is 1. The second kappa shape index (κ2) is 7.85. The van der Waals surface area contributed by atoms with E-state index in [4.69, 9.17) is 9.39 Å². The molecule has 4 rings (SSSR count). The number of carboxylic acid groups (broad SMARTS) is 1. The standard InChI is InChI=1S/C19H26BN2O7/c23-16(6-4-13-2-1-9-21-13)22-10-14(11-22)28-15-5-3-12-7-8-20(26,27)29-18(12)17(15)19(24)25/h3,5,13-14,21,26-27H,1-2,4,6-11H2,(H,24,25)/q-1. The number of carbonyl (C=O) groups is 2. The lowest BCUT2D eigenvalue weighted by Gasteiger charge is -2.40. The summed E-state index contributed by atoms with van der Waals surface area (Å²) >= 11 is 0. The highest BCUT2D eigenvalue weighted by molar-refractivity contribution is 6.59. The lowest BCUT2D eigenvalue weighted by atomic mass is 9.70. The van der Waals surface area contributed by atoms with Gasteiger partial charge in [0.2, 0.25) is 5.91 Å². The third-order valence-corrected chi connectivity index (χ3v) is 5.87. The van der Waals surface area contributed by atoms with Gasteiger partial charge < -0.3 is 34.8 Å². The molecule has 0 spiro atoms. The molecule has 158 valence electrons. The quantitative estimate of drug-likeness (QED) is 0.500. The van der Waals surface area contributed by atoms with Crippen molar-refractivity contribution in [1.82, 2.24) is 10.2 Å². The maximum absolute atomic E-state index is 12.3. The van der Waals surface area contributed by atoms with Crippen molar-refractivity contribution in [2.45, 2.75) is 50.6 Å². The van der Waals surface area contributed by atoms with E-state index in [9.17, 15) is 24.7 Å². The summed E-state index contributed by atoms with van der Waals surface area (Å²) in [5, 5.41) is 32.6. The predicted octanol–water partition coefficient (Wildman–Crippen LogP) is 0.365. The zero-order valence-corrected chi connectivity index (χ0v) is 16.2. The van der Waals surface area contributed by atoms with Gasteiger partial charge in [-0.05, 0) is 43.9 Å². The highest BCUT2D eigenvalue weighted by Gasteiger charge is 2.36. The molecule has 1 amide bonds. The van der Waals surface area contributed by atoms with Crippen molar-refractivity contribution in [3.63, 3.8) is 0 Å². The fourth-order valence-corrected chi connectivity index (χ4v) is 4.19. The van der Waals surface area contributed by atoms with Gasteiger partial charge in [-0.15, -0.1) is 0 Å². The molecule has 29 heavy (non-hydrogen) atoms. The van der Waals surface area contributed by atoms with Crippen molar-refractivity contribution in [3.8, 4) is 11.5 Å². The Morgan fingerprint density at radius 1 is 1.31 bits per heavy atom. The number of aryl methyl sites for hydroxylation is 1. The van der Waals surface area contributed by atoms with E-state index in [1.54, 1.807) is 17.0 Å². The summed E-state index contributed by atoms with van der Waals surface area (Å²) in [6, 6.07) is 3.67. The van der Waals surface area contributed by atoms with Gasteiger partial charge in [0.15, 0.2) is 0 Å². The molecule has 1 unspecified atom stereocenters. The van der Waals surface area contributed by atoms with Crippen molar-refractivity contribution in [2.24, 2.45) is 0 Å². The number of rotatable bonds is 6. The van der Waals surface area contributed by atoms with E-state index in [0.29, 0.717) is 37.5 Å². The molecule has 0 saturated carbocycles. The summed E-state index contributed by atoms with van der Waals surface area (Å²) in [4.78, 5) is 25.8. The maximum Gasteiger partial charge on any atom is 0.430 e. The zero-order chi connectivity index (χ0) is 20.6. The van der Waals surface area contributed by atoms with Crippen LogP contribution in [0.15, 0.2) is 12.1 Å². The third kappa shape index (κ3) is 4.34. The number of amides is 1. The average molecular weight is 405 g/mol. The minimum Gasteiger partial charge on any atom is -0.669 e. The van der Waals surface area contributed by atoms with Gasteiger partial charge in [-0.2, -0.15) is 0 Å². The Labute approximate surface area is 168 Å². The highest BCUT2D eigenvalue weighted by Crippen LogP contribution is 2.39. The van der Waals surface area contributed by atoms with Gasteiger partial charge in [0.05, 0.1) is 18.8 Å². The first-order valence-electron chi connectivity index (χ1n) is 10.2. The van der Waals surface area contributed by atoms with Crippen LogP contribution in [0.5, 0.6) is 11.5 Å². The number of likely N-dealkylation sites (tertiary alicyclic amines) is 1. The zero-order valence-electron chi connectivity index (χ0n) is 16.2. The van der Waals surface area contributed by atoms with E-state index >= 15 is 0 Å². The summed E-state index contributed by atoms with van der Waals surface area (Å²) in [5.41, 5.74) is 0.384. The Morgan fingerprint density at radius 3 is 2.79 bits per heavy atom. The van der Waals surface area contributed by atoms with Gasteiger partial charge in [-0.3, -0.25) is 4.79 Å². The third-order valence-electron chi connectivity index (χ3n) is 5.87. The van der Waals surface area contributed by atoms with Crippen molar-refractivity contribution >= 4 is 18.6 Å². The molecule has 10 heteroatoms. The molecule has 9 nitrogen and oxygen atoms in total. The fourth-order valence-electron chi connectivity index (χ4n) is 4.19. The molecule has 2 fully saturated rings. The van der Waals surface area contributed by atoms with Gasteiger partial charge in [0.1, 0.15) is 17.4 Å². The number of carboxylic acids is 1. The normalized spacial score (nSPS) is 23.1. The molecule has 0 aliphatic carbocycles. The molecule has 1 aromatic rings. The molecule has 1 atom stereocenters. The minimum atomic E-state index is -3.07. The average Bonchev–Trinajstić information content (AvgIpc) is 3.14. The van der Waals surface area contributed by atoms with Crippen molar-refractivity contribution in [1.29, 1.82) is 0 Å². The van der Waals surface area contributed by atoms with Crippen LogP contribution in [-0.2, 0) is 11.2 Å². The maximum atomic E-state index is 12.3. The van der Waals surface area contributed by atoms with Gasteiger partial charge in [0, 0.05) is 12.5 Å². The van der Waals surface area contributed by atoms with Gasteiger partial charge in [0.25, 0.3) is 0 Å². The summed E-state index contributed by atoms with van der Waals surface area (Å²) in [5.74, 6) is -1.12. The van der Waals surface area contributed by atoms with Crippen LogP contribution < -0.4 is 14.7 Å². The van der Waals surface area contributed by atoms with Crippen LogP contribution >= 0.6 is 0 Å². The van der Waals surface area contributed by atoms with Gasteiger partial charge in [-0.25, -0.2) is 4.79 Å². The lowest BCUT2D eigenvalue weighted by Crippen LogP contribution is -2.56. The highest BCUT2D eigenvalue weighted by atomic mass is 16.6. The number of ether oxygens (including phenoxy) is 1. The van der Waals surface area contributed by atoms with Crippen molar-refractivity contribution in [3.05, 3.63) is 23.3 Å². The number of hydrogen-bond donors (Lipinski definition) is 4. The largest absolute Gasteiger partial charge is 0.669 e. The van der Waals surface area contributed by atoms with E-state index in [2.05, 4.69) is 5.32 Å².